The molecule has 1 aromatic heterocycles. The van der Waals surface area contributed by atoms with E-state index in [2.05, 4.69) is 14.9 Å². The van der Waals surface area contributed by atoms with Gasteiger partial charge in [0.25, 0.3) is 0 Å². The van der Waals surface area contributed by atoms with Crippen LogP contribution >= 0.6 is 0 Å². The Kier molecular flexibility index (Phi) is 3.17. The van der Waals surface area contributed by atoms with Crippen LogP contribution in [-0.4, -0.2) is 29.5 Å². The topological polar surface area (TPSA) is 71.8 Å². The molecule has 0 unspecified atom stereocenters. The van der Waals surface area contributed by atoms with Crippen LogP contribution in [-0.2, 0) is 4.74 Å². The third-order valence-corrected chi connectivity index (χ3v) is 1.58. The smallest absolute Gasteiger partial charge is 0.337 e. The minimum Gasteiger partial charge on any atom is -0.465 e. The van der Waals surface area contributed by atoms with Crippen molar-refractivity contribution in [3.8, 4) is 0 Å². The summed E-state index contributed by atoms with van der Waals surface area (Å²) in [6.45, 7) is 1.74. The second-order valence-corrected chi connectivity index (χ2v) is 2.66. The number of hydrogen-bond acceptors (Lipinski definition) is 5. The van der Waals surface area contributed by atoms with Crippen molar-refractivity contribution in [1.82, 2.24) is 4.98 Å². The van der Waals surface area contributed by atoms with Gasteiger partial charge in [0, 0.05) is 5.69 Å². The molecule has 1 rings (SSSR count). The molecule has 5 nitrogen and oxygen atoms in total. The number of rotatable bonds is 2. The van der Waals surface area contributed by atoms with E-state index in [1.807, 2.05) is 0 Å². The summed E-state index contributed by atoms with van der Waals surface area (Å²) in [6.07, 6.45) is 1.15. The predicted octanol–water partition coefficient (Wildman–Crippen LogP) is 0.985. The van der Waals surface area contributed by atoms with Gasteiger partial charge in [0.15, 0.2) is 0 Å². The normalized spacial score (nSPS) is 10.4. The molecule has 1 aromatic rings. The Balaban J connectivity index is 3.13. The van der Waals surface area contributed by atoms with Gasteiger partial charge in [0.05, 0.1) is 24.6 Å². The molecule has 0 amide bonds. The van der Waals surface area contributed by atoms with E-state index < -0.39 is 5.97 Å². The van der Waals surface area contributed by atoms with Gasteiger partial charge in [-0.15, -0.1) is 0 Å². The summed E-state index contributed by atoms with van der Waals surface area (Å²) in [6, 6.07) is 3.08. The number of hydrogen-bond donors (Lipinski definition) is 1. The Hall–Kier alpha value is -1.91. The van der Waals surface area contributed by atoms with Crippen molar-refractivity contribution in [3.63, 3.8) is 0 Å². The average molecular weight is 194 g/mol. The lowest BCUT2D eigenvalue weighted by Gasteiger charge is -2.01. The van der Waals surface area contributed by atoms with Gasteiger partial charge < -0.3 is 9.94 Å². The molecular weight excluding hydrogens is 184 g/mol. The predicted molar refractivity (Wildman–Crippen MR) is 49.7 cm³/mol. The first kappa shape index (κ1) is 10.2. The van der Waals surface area contributed by atoms with Crippen molar-refractivity contribution < 1.29 is 14.7 Å². The standard InChI is InChI=1S/C9H10N2O3/c1-6-3-7(9(12)14-2)4-8(11-6)5-10-13/h3-5,13H,1-2H3/b10-5-. The molecule has 0 aliphatic heterocycles. The minimum atomic E-state index is -0.442. The summed E-state index contributed by atoms with van der Waals surface area (Å²) >= 11 is 0. The van der Waals surface area contributed by atoms with Crippen LogP contribution in [0, 0.1) is 6.92 Å². The number of aromatic nitrogens is 1. The molecule has 74 valence electrons. The van der Waals surface area contributed by atoms with Crippen molar-refractivity contribution in [2.24, 2.45) is 5.16 Å². The monoisotopic (exact) mass is 194 g/mol. The Morgan fingerprint density at radius 3 is 2.93 bits per heavy atom. The van der Waals surface area contributed by atoms with Crippen LogP contribution in [0.3, 0.4) is 0 Å². The summed E-state index contributed by atoms with van der Waals surface area (Å²) < 4.78 is 4.55. The highest BCUT2D eigenvalue weighted by molar-refractivity contribution is 5.91. The van der Waals surface area contributed by atoms with Crippen molar-refractivity contribution in [2.75, 3.05) is 7.11 Å². The van der Waals surface area contributed by atoms with Crippen molar-refractivity contribution >= 4 is 12.2 Å². The summed E-state index contributed by atoms with van der Waals surface area (Å²) in [7, 11) is 1.30. The molecular formula is C9H10N2O3. The molecule has 0 aliphatic carbocycles. The Morgan fingerprint density at radius 2 is 2.36 bits per heavy atom. The Morgan fingerprint density at radius 1 is 1.64 bits per heavy atom. The van der Waals surface area contributed by atoms with E-state index in [-0.39, 0.29) is 0 Å². The zero-order valence-electron chi connectivity index (χ0n) is 7.89. The van der Waals surface area contributed by atoms with Gasteiger partial charge in [-0.2, -0.15) is 0 Å². The molecule has 0 atom stereocenters. The number of esters is 1. The maximum absolute atomic E-state index is 11.2. The summed E-state index contributed by atoms with van der Waals surface area (Å²) in [5.41, 5.74) is 1.45. The molecule has 0 saturated carbocycles. The number of nitrogens with zero attached hydrogens (tertiary/aromatic N) is 2. The fraction of sp³-hybridized carbons (Fsp3) is 0.222. The fourth-order valence-corrected chi connectivity index (χ4v) is 1.06. The highest BCUT2D eigenvalue weighted by atomic mass is 16.5. The number of pyridine rings is 1. The summed E-state index contributed by atoms with van der Waals surface area (Å²) in [5, 5.41) is 11.1. The van der Waals surface area contributed by atoms with Gasteiger partial charge in [-0.05, 0) is 19.1 Å². The Bertz CT molecular complexity index is 374. The van der Waals surface area contributed by atoms with Crippen LogP contribution in [0.4, 0.5) is 0 Å². The third-order valence-electron chi connectivity index (χ3n) is 1.58. The van der Waals surface area contributed by atoms with E-state index in [1.54, 1.807) is 13.0 Å². The first-order chi connectivity index (χ1) is 6.67. The lowest BCUT2D eigenvalue weighted by molar-refractivity contribution is 0.0600. The van der Waals surface area contributed by atoms with Crippen LogP contribution in [0.15, 0.2) is 17.3 Å². The van der Waals surface area contributed by atoms with Crippen LogP contribution in [0.1, 0.15) is 21.7 Å². The number of aryl methyl sites for hydroxylation is 1. The third kappa shape index (κ3) is 2.29. The van der Waals surface area contributed by atoms with E-state index in [9.17, 15) is 4.79 Å². The van der Waals surface area contributed by atoms with E-state index in [1.165, 1.54) is 13.2 Å². The first-order valence-electron chi connectivity index (χ1n) is 3.92. The van der Waals surface area contributed by atoms with Gasteiger partial charge in [-0.1, -0.05) is 5.16 Å². The number of oxime groups is 1. The van der Waals surface area contributed by atoms with Crippen molar-refractivity contribution in [2.45, 2.75) is 6.92 Å². The van der Waals surface area contributed by atoms with Crippen molar-refractivity contribution in [1.29, 1.82) is 0 Å². The first-order valence-corrected chi connectivity index (χ1v) is 3.92. The van der Waals surface area contributed by atoms with Crippen LogP contribution in [0.5, 0.6) is 0 Å². The molecule has 1 heterocycles. The number of carbonyl (C=O) groups excluding carboxylic acids is 1. The molecule has 0 aliphatic rings. The van der Waals surface area contributed by atoms with Gasteiger partial charge in [0.1, 0.15) is 0 Å². The van der Waals surface area contributed by atoms with Crippen LogP contribution in [0.25, 0.3) is 0 Å². The highest BCUT2D eigenvalue weighted by Gasteiger charge is 2.07. The fourth-order valence-electron chi connectivity index (χ4n) is 1.06. The molecule has 0 aromatic carbocycles. The van der Waals surface area contributed by atoms with E-state index in [0.29, 0.717) is 17.0 Å². The number of carbonyl (C=O) groups is 1. The van der Waals surface area contributed by atoms with Crippen LogP contribution < -0.4 is 0 Å². The van der Waals surface area contributed by atoms with Gasteiger partial charge in [0.2, 0.25) is 0 Å². The van der Waals surface area contributed by atoms with Crippen LogP contribution in [0.2, 0.25) is 0 Å². The SMILES string of the molecule is COC(=O)c1cc(C)nc(/C=N\O)c1. The molecule has 0 radical (unpaired) electrons. The average Bonchev–Trinajstić information content (AvgIpc) is 2.16. The zero-order valence-corrected chi connectivity index (χ0v) is 7.89. The quantitative estimate of drug-likeness (QED) is 0.330. The number of ether oxygens (including phenoxy) is 1. The lowest BCUT2D eigenvalue weighted by atomic mass is 10.2. The van der Waals surface area contributed by atoms with E-state index in [0.717, 1.165) is 6.21 Å². The second-order valence-electron chi connectivity index (χ2n) is 2.66. The van der Waals surface area contributed by atoms with E-state index in [4.69, 9.17) is 5.21 Å². The van der Waals surface area contributed by atoms with Gasteiger partial charge in [-0.25, -0.2) is 4.79 Å². The van der Waals surface area contributed by atoms with Crippen molar-refractivity contribution in [3.05, 3.63) is 29.1 Å². The highest BCUT2D eigenvalue weighted by Crippen LogP contribution is 2.05. The molecule has 0 spiro atoms. The van der Waals surface area contributed by atoms with Gasteiger partial charge in [-0.3, -0.25) is 4.98 Å². The maximum Gasteiger partial charge on any atom is 0.337 e. The second kappa shape index (κ2) is 4.36. The molecule has 14 heavy (non-hydrogen) atoms. The van der Waals surface area contributed by atoms with E-state index >= 15 is 0 Å². The maximum atomic E-state index is 11.2. The largest absolute Gasteiger partial charge is 0.465 e. The minimum absolute atomic E-state index is 0.384. The zero-order chi connectivity index (χ0) is 10.6. The molecule has 5 heteroatoms. The molecule has 0 saturated heterocycles. The molecule has 1 N–H and O–H groups in total. The molecule has 0 fully saturated rings. The number of methoxy groups -OCH3 is 1. The summed E-state index contributed by atoms with van der Waals surface area (Å²) in [4.78, 5) is 15.2. The summed E-state index contributed by atoms with van der Waals surface area (Å²) in [5.74, 6) is -0.442. The molecule has 0 bridgehead atoms. The lowest BCUT2D eigenvalue weighted by Crippen LogP contribution is -2.04. The van der Waals surface area contributed by atoms with Gasteiger partial charge >= 0.3 is 5.97 Å². The Labute approximate surface area is 81.0 Å².